The van der Waals surface area contributed by atoms with Gasteiger partial charge in [-0.05, 0) is 52.9 Å². The van der Waals surface area contributed by atoms with E-state index < -0.39 is 0 Å². The van der Waals surface area contributed by atoms with E-state index in [1.807, 2.05) is 75.4 Å². The van der Waals surface area contributed by atoms with Gasteiger partial charge in [0.1, 0.15) is 5.75 Å². The molecule has 0 bridgehead atoms. The van der Waals surface area contributed by atoms with Crippen molar-refractivity contribution in [1.29, 1.82) is 0 Å². The van der Waals surface area contributed by atoms with E-state index in [9.17, 15) is 5.11 Å². The van der Waals surface area contributed by atoms with Crippen molar-refractivity contribution in [3.8, 4) is 18.1 Å². The third kappa shape index (κ3) is 4.59. The number of nitrogens with two attached hydrogens (primary N) is 1. The fourth-order valence-electron chi connectivity index (χ4n) is 2.97. The first-order valence-corrected chi connectivity index (χ1v) is 9.02. The van der Waals surface area contributed by atoms with Gasteiger partial charge in [-0.1, -0.05) is 68.3 Å². The van der Waals surface area contributed by atoms with Gasteiger partial charge in [0.2, 0.25) is 0 Å². The molecule has 2 nitrogen and oxygen atoms in total. The van der Waals surface area contributed by atoms with Crippen molar-refractivity contribution in [3.63, 3.8) is 0 Å². The lowest BCUT2D eigenvalue weighted by molar-refractivity contribution is 0.476. The van der Waals surface area contributed by atoms with Crippen LogP contribution in [0.2, 0.25) is 0 Å². The molecule has 4 rings (SSSR count). The van der Waals surface area contributed by atoms with Crippen LogP contribution in [0.25, 0.3) is 21.5 Å². The number of rotatable bonds is 0. The van der Waals surface area contributed by atoms with Crippen LogP contribution in [0.1, 0.15) is 25.0 Å². The molecule has 2 heteroatoms. The molecule has 0 aromatic heterocycles. The number of terminal acetylenes is 1. The number of anilines is 1. The lowest BCUT2D eigenvalue weighted by Crippen LogP contribution is -1.88. The van der Waals surface area contributed by atoms with Crippen molar-refractivity contribution < 1.29 is 5.11 Å². The molecular formula is C25H25NO. The Morgan fingerprint density at radius 1 is 0.852 bits per heavy atom. The zero-order valence-electron chi connectivity index (χ0n) is 16.0. The zero-order valence-corrected chi connectivity index (χ0v) is 16.0. The summed E-state index contributed by atoms with van der Waals surface area (Å²) in [6.45, 7) is 6.00. The van der Waals surface area contributed by atoms with Crippen LogP contribution in [-0.4, -0.2) is 5.11 Å². The second-order valence-corrected chi connectivity index (χ2v) is 5.88. The Balaban J connectivity index is 0.000000178. The van der Waals surface area contributed by atoms with E-state index in [-0.39, 0.29) is 0 Å². The molecule has 0 aliphatic heterocycles. The fourth-order valence-corrected chi connectivity index (χ4v) is 2.97. The molecule has 4 aromatic rings. The average molecular weight is 355 g/mol. The molecule has 0 amide bonds. The largest absolute Gasteiger partial charge is 0.508 e. The highest BCUT2D eigenvalue weighted by atomic mass is 16.3. The summed E-state index contributed by atoms with van der Waals surface area (Å²) in [4.78, 5) is 0. The minimum absolute atomic E-state index is 0.339. The fraction of sp³-hybridized carbons (Fsp3) is 0.120. The van der Waals surface area contributed by atoms with Gasteiger partial charge in [0.25, 0.3) is 0 Å². The number of aryl methyl sites for hydroxylation is 1. The molecule has 3 N–H and O–H groups in total. The van der Waals surface area contributed by atoms with Crippen LogP contribution in [0.15, 0.2) is 72.8 Å². The monoisotopic (exact) mass is 355 g/mol. The topological polar surface area (TPSA) is 46.2 Å². The van der Waals surface area contributed by atoms with E-state index in [4.69, 9.17) is 12.2 Å². The van der Waals surface area contributed by atoms with Crippen LogP contribution in [0.3, 0.4) is 0 Å². The van der Waals surface area contributed by atoms with Crippen LogP contribution < -0.4 is 5.73 Å². The van der Waals surface area contributed by atoms with Crippen LogP contribution in [0, 0.1) is 19.3 Å². The van der Waals surface area contributed by atoms with E-state index in [0.717, 1.165) is 33.0 Å². The molecule has 4 aromatic carbocycles. The summed E-state index contributed by atoms with van der Waals surface area (Å²) >= 11 is 0. The summed E-state index contributed by atoms with van der Waals surface area (Å²) in [6, 6.07) is 23.3. The Bertz CT molecular complexity index is 1090. The van der Waals surface area contributed by atoms with Gasteiger partial charge in [0.05, 0.1) is 0 Å². The van der Waals surface area contributed by atoms with Crippen LogP contribution in [-0.2, 0) is 0 Å². The first-order chi connectivity index (χ1) is 13.1. The van der Waals surface area contributed by atoms with Gasteiger partial charge >= 0.3 is 0 Å². The minimum Gasteiger partial charge on any atom is -0.508 e. The Hall–Kier alpha value is -3.44. The van der Waals surface area contributed by atoms with Crippen LogP contribution in [0.4, 0.5) is 5.69 Å². The number of phenols is 1. The number of benzene rings is 4. The van der Waals surface area contributed by atoms with Crippen molar-refractivity contribution in [1.82, 2.24) is 0 Å². The lowest BCUT2D eigenvalue weighted by atomic mass is 10.0. The molecule has 136 valence electrons. The molecule has 0 spiro atoms. The SMILES string of the molecule is C#Cc1cccc2cccc(N)c12.CC.Cc1cc(O)cc2ccccc12. The predicted octanol–water partition coefficient (Wildman–Crippen LogP) is 6.28. The maximum Gasteiger partial charge on any atom is 0.116 e. The second-order valence-electron chi connectivity index (χ2n) is 5.88. The minimum atomic E-state index is 0.339. The molecule has 0 heterocycles. The van der Waals surface area contributed by atoms with E-state index in [0.29, 0.717) is 5.75 Å². The predicted molar refractivity (Wildman–Crippen MR) is 118 cm³/mol. The van der Waals surface area contributed by atoms with Gasteiger partial charge in [0.15, 0.2) is 0 Å². The molecule has 0 saturated carbocycles. The number of aromatic hydroxyl groups is 1. The smallest absolute Gasteiger partial charge is 0.116 e. The van der Waals surface area contributed by atoms with Crippen molar-refractivity contribution in [3.05, 3.63) is 83.9 Å². The van der Waals surface area contributed by atoms with E-state index in [1.165, 1.54) is 5.39 Å². The second kappa shape index (κ2) is 9.31. The van der Waals surface area contributed by atoms with Gasteiger partial charge in [-0.15, -0.1) is 6.42 Å². The molecular weight excluding hydrogens is 330 g/mol. The lowest BCUT2D eigenvalue weighted by Gasteiger charge is -2.03. The molecule has 0 unspecified atom stereocenters. The normalized spacial score (nSPS) is 9.56. The van der Waals surface area contributed by atoms with E-state index in [2.05, 4.69) is 12.0 Å². The molecule has 0 radical (unpaired) electrons. The Morgan fingerprint density at radius 2 is 1.48 bits per heavy atom. The number of phenolic OH excluding ortho intramolecular Hbond substituents is 1. The summed E-state index contributed by atoms with van der Waals surface area (Å²) in [5.74, 6) is 2.97. The number of hydrogen-bond acceptors (Lipinski definition) is 2. The van der Waals surface area contributed by atoms with E-state index in [1.54, 1.807) is 12.1 Å². The van der Waals surface area contributed by atoms with Gasteiger partial charge in [0, 0.05) is 16.6 Å². The standard InChI is InChI=1S/C12H9N.C11H10O.C2H6/c1-2-9-5-3-6-10-7-4-8-11(13)12(9)10;1-8-6-10(12)7-9-4-2-3-5-11(8)9;1-2/h1,3-8H,13H2;2-7,12H,1H3;1-2H3. The van der Waals surface area contributed by atoms with Crippen molar-refractivity contribution in [2.45, 2.75) is 20.8 Å². The highest BCUT2D eigenvalue weighted by Gasteiger charge is 2.00. The van der Waals surface area contributed by atoms with Crippen molar-refractivity contribution in [2.24, 2.45) is 0 Å². The number of nitrogen functional groups attached to an aromatic ring is 1. The van der Waals surface area contributed by atoms with Crippen molar-refractivity contribution >= 4 is 27.2 Å². The highest BCUT2D eigenvalue weighted by Crippen LogP contribution is 2.24. The summed E-state index contributed by atoms with van der Waals surface area (Å²) in [7, 11) is 0. The molecule has 0 atom stereocenters. The number of fused-ring (bicyclic) bond motifs is 2. The van der Waals surface area contributed by atoms with Crippen molar-refractivity contribution in [2.75, 3.05) is 5.73 Å². The highest BCUT2D eigenvalue weighted by molar-refractivity contribution is 5.97. The van der Waals surface area contributed by atoms with Gasteiger partial charge in [-0.2, -0.15) is 0 Å². The first-order valence-electron chi connectivity index (χ1n) is 9.02. The zero-order chi connectivity index (χ0) is 19.8. The molecule has 0 fully saturated rings. The Labute approximate surface area is 161 Å². The third-order valence-corrected chi connectivity index (χ3v) is 4.15. The maximum absolute atomic E-state index is 9.31. The van der Waals surface area contributed by atoms with Gasteiger partial charge in [-0.3, -0.25) is 0 Å². The summed E-state index contributed by atoms with van der Waals surface area (Å²) in [6.07, 6.45) is 5.38. The van der Waals surface area contributed by atoms with E-state index >= 15 is 0 Å². The quantitative estimate of drug-likeness (QED) is 0.288. The van der Waals surface area contributed by atoms with Crippen LogP contribution in [0.5, 0.6) is 5.75 Å². The molecule has 0 aliphatic carbocycles. The first kappa shape index (κ1) is 19.9. The number of hydrogen-bond donors (Lipinski definition) is 2. The third-order valence-electron chi connectivity index (χ3n) is 4.15. The van der Waals surface area contributed by atoms with Gasteiger partial charge < -0.3 is 10.8 Å². The Morgan fingerprint density at radius 3 is 2.19 bits per heavy atom. The molecule has 0 aliphatic rings. The average Bonchev–Trinajstić information content (AvgIpc) is 2.70. The molecule has 0 saturated heterocycles. The summed E-state index contributed by atoms with van der Waals surface area (Å²) in [5, 5.41) is 13.7. The van der Waals surface area contributed by atoms with Gasteiger partial charge in [-0.25, -0.2) is 0 Å². The molecule has 27 heavy (non-hydrogen) atoms. The Kier molecular flexibility index (Phi) is 6.86. The summed E-state index contributed by atoms with van der Waals surface area (Å²) < 4.78 is 0. The maximum atomic E-state index is 9.31. The van der Waals surface area contributed by atoms with Crippen LogP contribution >= 0.6 is 0 Å². The summed E-state index contributed by atoms with van der Waals surface area (Å²) in [5.41, 5.74) is 8.55.